The number of hydrogen-bond donors (Lipinski definition) is 2. The topological polar surface area (TPSA) is 150 Å². The van der Waals surface area contributed by atoms with Gasteiger partial charge in [-0.25, -0.2) is 31.3 Å². The molecule has 47 heavy (non-hydrogen) atoms. The van der Waals surface area contributed by atoms with E-state index in [9.17, 15) is 22.4 Å². The Kier molecular flexibility index (Phi) is 7.69. The van der Waals surface area contributed by atoms with Gasteiger partial charge in [0, 0.05) is 30.1 Å². The third kappa shape index (κ3) is 5.49. The second-order valence-electron chi connectivity index (χ2n) is 12.3. The summed E-state index contributed by atoms with van der Waals surface area (Å²) in [5.74, 6) is -0.698. The second-order valence-corrected chi connectivity index (χ2v) is 14.1. The number of hydrogen-bond acceptors (Lipinski definition) is 9. The molecule has 3 saturated carbocycles. The van der Waals surface area contributed by atoms with Gasteiger partial charge >= 0.3 is 5.97 Å². The smallest absolute Gasteiger partial charge is 0.311 e. The zero-order chi connectivity index (χ0) is 33.0. The molecule has 14 heteroatoms. The molecule has 3 fully saturated rings. The van der Waals surface area contributed by atoms with E-state index in [-0.39, 0.29) is 69.6 Å². The molecular weight excluding hydrogens is 625 g/mol. The van der Waals surface area contributed by atoms with Gasteiger partial charge in [-0.05, 0) is 75.6 Å². The van der Waals surface area contributed by atoms with Gasteiger partial charge in [-0.15, -0.1) is 5.10 Å². The van der Waals surface area contributed by atoms with Crippen LogP contribution in [0.1, 0.15) is 45.1 Å². The molecule has 3 aliphatic carbocycles. The molecule has 0 aliphatic heterocycles. The molecule has 12 nitrogen and oxygen atoms in total. The second kappa shape index (κ2) is 11.7. The first-order valence-electron chi connectivity index (χ1n) is 15.6. The number of aryl methyl sites for hydroxylation is 1. The highest BCUT2D eigenvalue weighted by atomic mass is 32.2. The first-order valence-corrected chi connectivity index (χ1v) is 17.1. The summed E-state index contributed by atoms with van der Waals surface area (Å²) in [4.78, 5) is 34.2. The Hall–Kier alpha value is -4.85. The van der Waals surface area contributed by atoms with Gasteiger partial charge in [-0.3, -0.25) is 9.59 Å². The fourth-order valence-electron chi connectivity index (χ4n) is 7.12. The van der Waals surface area contributed by atoms with Crippen molar-refractivity contribution in [2.45, 2.75) is 57.4 Å². The molecule has 244 valence electrons. The number of anilines is 2. The fourth-order valence-corrected chi connectivity index (χ4v) is 8.45. The number of nitrogens with zero attached hydrogens (tertiary/aromatic N) is 5. The summed E-state index contributed by atoms with van der Waals surface area (Å²) in [6.07, 6.45) is 7.73. The Morgan fingerprint density at radius 1 is 1.06 bits per heavy atom. The lowest BCUT2D eigenvalue weighted by Crippen LogP contribution is -2.52. The van der Waals surface area contributed by atoms with Crippen LogP contribution in [0.4, 0.5) is 15.9 Å². The average Bonchev–Trinajstić information content (AvgIpc) is 3.63. The van der Waals surface area contributed by atoms with Crippen LogP contribution in [0.2, 0.25) is 0 Å². The monoisotopic (exact) mass is 659 g/mol. The van der Waals surface area contributed by atoms with E-state index in [0.29, 0.717) is 17.0 Å². The van der Waals surface area contributed by atoms with Crippen LogP contribution in [0, 0.1) is 30.5 Å². The lowest BCUT2D eigenvalue weighted by molar-refractivity contribution is -0.154. The van der Waals surface area contributed by atoms with Crippen molar-refractivity contribution in [3.8, 4) is 11.4 Å². The Labute approximate surface area is 270 Å². The number of fused-ring (bicyclic) bond motifs is 5. The highest BCUT2D eigenvalue weighted by Gasteiger charge is 2.48. The minimum Gasteiger partial charge on any atom is -0.466 e. The van der Waals surface area contributed by atoms with Gasteiger partial charge < -0.3 is 15.4 Å². The molecule has 0 unspecified atom stereocenters. The number of amides is 1. The third-order valence-electron chi connectivity index (χ3n) is 9.26. The molecule has 1 aromatic carbocycles. The number of carbonyl (C=O) groups excluding carboxylic acids is 2. The quantitative estimate of drug-likeness (QED) is 0.215. The maximum Gasteiger partial charge on any atom is 0.311 e. The zero-order valence-corrected chi connectivity index (χ0v) is 26.9. The van der Waals surface area contributed by atoms with Crippen molar-refractivity contribution in [1.82, 2.24) is 23.6 Å². The van der Waals surface area contributed by atoms with E-state index in [1.165, 1.54) is 35.8 Å². The van der Waals surface area contributed by atoms with Gasteiger partial charge in [0.25, 0.3) is 10.0 Å². The summed E-state index contributed by atoms with van der Waals surface area (Å²) in [6.45, 7) is 5.32. The molecule has 1 amide bonds. The van der Waals surface area contributed by atoms with Crippen molar-refractivity contribution in [3.63, 3.8) is 0 Å². The van der Waals surface area contributed by atoms with Gasteiger partial charge in [0.15, 0.2) is 17.3 Å². The van der Waals surface area contributed by atoms with E-state index in [2.05, 4.69) is 20.7 Å². The molecule has 4 heterocycles. The molecule has 2 bridgehead atoms. The Balaban J connectivity index is 1.40. The average molecular weight is 660 g/mol. The largest absolute Gasteiger partial charge is 0.466 e. The number of nitrogens with one attached hydrogen (secondary N) is 2. The van der Waals surface area contributed by atoms with E-state index < -0.39 is 15.8 Å². The number of pyridine rings is 1. The number of ether oxygens (including phenoxy) is 1. The molecule has 4 aromatic heterocycles. The Morgan fingerprint density at radius 3 is 2.49 bits per heavy atom. The Bertz CT molecular complexity index is 2140. The normalized spacial score (nSPS) is 20.9. The summed E-state index contributed by atoms with van der Waals surface area (Å²) >= 11 is 0. The highest BCUT2D eigenvalue weighted by molar-refractivity contribution is 7.90. The first-order chi connectivity index (χ1) is 22.5. The van der Waals surface area contributed by atoms with Gasteiger partial charge in [-0.1, -0.05) is 17.7 Å². The van der Waals surface area contributed by atoms with Crippen LogP contribution in [0.15, 0.2) is 59.9 Å². The first kappa shape index (κ1) is 30.8. The van der Waals surface area contributed by atoms with Gasteiger partial charge in [-0.2, -0.15) is 0 Å². The van der Waals surface area contributed by atoms with Crippen LogP contribution in [0.5, 0.6) is 0 Å². The predicted molar refractivity (Wildman–Crippen MR) is 173 cm³/mol. The number of carbonyl (C=O) groups is 2. The summed E-state index contributed by atoms with van der Waals surface area (Å²) in [5, 5.41) is 11.2. The fraction of sp³-hybridized carbons (Fsp3) is 0.364. The molecule has 5 aromatic rings. The van der Waals surface area contributed by atoms with Crippen molar-refractivity contribution in [2.24, 2.45) is 17.8 Å². The number of aromatic nitrogens is 5. The minimum absolute atomic E-state index is 0.0126. The summed E-state index contributed by atoms with van der Waals surface area (Å²) < 4.78 is 50.4. The standard InChI is InChI=1S/C33H34FN7O5S/c1-4-46-33(43)28-20-7-9-21(10-8-20)29(28)37-31-27-14-23(36-19(3)42)16-40(27)39-30(38-31)26-17-41(32-25(26)13-22(34)15-35-32)47(44,45)24-11-5-18(2)6-12-24/h5-6,11-17,20-21,28-29H,4,7-10H2,1-3H3,(H,36,42)(H,37,38,39)/t20-,21+,28-,29-/m0/s1. The van der Waals surface area contributed by atoms with E-state index in [4.69, 9.17) is 9.72 Å². The van der Waals surface area contributed by atoms with Gasteiger partial charge in [0.2, 0.25) is 5.91 Å². The molecule has 0 radical (unpaired) electrons. The molecule has 2 N–H and O–H groups in total. The van der Waals surface area contributed by atoms with E-state index in [0.717, 1.165) is 41.4 Å². The van der Waals surface area contributed by atoms with E-state index >= 15 is 0 Å². The molecule has 2 atom stereocenters. The Morgan fingerprint density at radius 2 is 1.79 bits per heavy atom. The number of benzene rings is 1. The maximum absolute atomic E-state index is 14.7. The minimum atomic E-state index is -4.14. The highest BCUT2D eigenvalue weighted by Crippen LogP contribution is 2.47. The zero-order valence-electron chi connectivity index (χ0n) is 26.1. The van der Waals surface area contributed by atoms with Crippen LogP contribution in [-0.4, -0.2) is 56.5 Å². The molecule has 0 spiro atoms. The van der Waals surface area contributed by atoms with E-state index in [1.54, 1.807) is 31.3 Å². The van der Waals surface area contributed by atoms with Gasteiger partial charge in [0.1, 0.15) is 11.3 Å². The van der Waals surface area contributed by atoms with Crippen LogP contribution >= 0.6 is 0 Å². The van der Waals surface area contributed by atoms with Crippen LogP contribution in [0.25, 0.3) is 27.9 Å². The van der Waals surface area contributed by atoms with Crippen molar-refractivity contribution in [3.05, 3.63) is 66.4 Å². The molecule has 3 aliphatic rings. The maximum atomic E-state index is 14.7. The lowest BCUT2D eigenvalue weighted by Gasteiger charge is -2.47. The van der Waals surface area contributed by atoms with Crippen LogP contribution in [0.3, 0.4) is 0 Å². The van der Waals surface area contributed by atoms with Crippen molar-refractivity contribution >= 4 is 50.0 Å². The van der Waals surface area contributed by atoms with Crippen LogP contribution in [-0.2, 0) is 24.3 Å². The van der Waals surface area contributed by atoms with Crippen LogP contribution < -0.4 is 10.6 Å². The third-order valence-corrected chi connectivity index (χ3v) is 10.9. The van der Waals surface area contributed by atoms with E-state index in [1.807, 2.05) is 6.92 Å². The molecule has 8 rings (SSSR count). The SMILES string of the molecule is CCOC(=O)[C@H]1[C@H]2CC[C@H](CC2)[C@@H]1Nc1nc(-c2cn(S(=O)(=O)c3ccc(C)cc3)c3ncc(F)cc23)nn2cc(NC(C)=O)cc12. The lowest BCUT2D eigenvalue weighted by atomic mass is 9.61. The number of esters is 1. The van der Waals surface area contributed by atoms with Crippen molar-refractivity contribution < 1.29 is 27.1 Å². The number of rotatable bonds is 8. The predicted octanol–water partition coefficient (Wildman–Crippen LogP) is 5.17. The summed E-state index contributed by atoms with van der Waals surface area (Å²) in [7, 11) is -4.14. The molecular formula is C33H34FN7O5S. The van der Waals surface area contributed by atoms with Crippen molar-refractivity contribution in [1.29, 1.82) is 0 Å². The summed E-state index contributed by atoms with van der Waals surface area (Å²) in [6, 6.07) is 9.06. The number of halogens is 1. The van der Waals surface area contributed by atoms with Gasteiger partial charge in [0.05, 0.1) is 35.5 Å². The van der Waals surface area contributed by atoms with Crippen molar-refractivity contribution in [2.75, 3.05) is 17.2 Å². The molecule has 0 saturated heterocycles. The summed E-state index contributed by atoms with van der Waals surface area (Å²) in [5.41, 5.74) is 2.14.